The molecule has 1 aliphatic rings. The number of morpholine rings is 1. The summed E-state index contributed by atoms with van der Waals surface area (Å²) >= 11 is 1.44. The standard InChI is InChI=1S/C12H16N2O4S/c13-11(9-2-1-5-19-9)12(17)14-3-4-18-8(7-14)6-10(15)16/h1-2,5,8,11H,3-4,6-7,13H2,(H,15,16). The van der Waals surface area contributed by atoms with Crippen molar-refractivity contribution in [3.8, 4) is 0 Å². The van der Waals surface area contributed by atoms with Crippen molar-refractivity contribution in [1.82, 2.24) is 4.90 Å². The second kappa shape index (κ2) is 6.14. The molecule has 0 aliphatic carbocycles. The van der Waals surface area contributed by atoms with Crippen LogP contribution in [-0.4, -0.2) is 47.7 Å². The van der Waals surface area contributed by atoms with Crippen molar-refractivity contribution in [1.29, 1.82) is 0 Å². The van der Waals surface area contributed by atoms with Crippen LogP contribution in [0.1, 0.15) is 17.3 Å². The van der Waals surface area contributed by atoms with Crippen molar-refractivity contribution in [3.63, 3.8) is 0 Å². The molecule has 1 amide bonds. The lowest BCUT2D eigenvalue weighted by Crippen LogP contribution is -2.49. The highest BCUT2D eigenvalue weighted by Crippen LogP contribution is 2.20. The number of ether oxygens (including phenoxy) is 1. The van der Waals surface area contributed by atoms with E-state index in [2.05, 4.69) is 0 Å². The van der Waals surface area contributed by atoms with Gasteiger partial charge in [-0.25, -0.2) is 0 Å². The lowest BCUT2D eigenvalue weighted by atomic mass is 10.1. The van der Waals surface area contributed by atoms with Crippen molar-refractivity contribution in [2.24, 2.45) is 5.73 Å². The SMILES string of the molecule is NC(C(=O)N1CCOC(CC(=O)O)C1)c1cccs1. The Morgan fingerprint density at radius 3 is 3.05 bits per heavy atom. The quantitative estimate of drug-likeness (QED) is 0.837. The van der Waals surface area contributed by atoms with Gasteiger partial charge in [0.2, 0.25) is 5.91 Å². The van der Waals surface area contributed by atoms with E-state index in [9.17, 15) is 9.59 Å². The minimum absolute atomic E-state index is 0.0992. The summed E-state index contributed by atoms with van der Waals surface area (Å²) in [4.78, 5) is 25.3. The zero-order chi connectivity index (χ0) is 13.8. The summed E-state index contributed by atoms with van der Waals surface area (Å²) in [6.07, 6.45) is -0.552. The number of carbonyl (C=O) groups is 2. The van der Waals surface area contributed by atoms with Crippen LogP contribution in [0.5, 0.6) is 0 Å². The summed E-state index contributed by atoms with van der Waals surface area (Å²) in [5.74, 6) is -1.11. The molecule has 2 unspecified atom stereocenters. The highest BCUT2D eigenvalue weighted by atomic mass is 32.1. The van der Waals surface area contributed by atoms with E-state index in [1.165, 1.54) is 11.3 Å². The first-order valence-electron chi connectivity index (χ1n) is 5.99. The first kappa shape index (κ1) is 14.0. The van der Waals surface area contributed by atoms with E-state index < -0.39 is 18.1 Å². The van der Waals surface area contributed by atoms with Crippen molar-refractivity contribution in [3.05, 3.63) is 22.4 Å². The number of aliphatic carboxylic acids is 1. The van der Waals surface area contributed by atoms with E-state index in [0.717, 1.165) is 4.88 Å². The van der Waals surface area contributed by atoms with E-state index in [0.29, 0.717) is 13.2 Å². The number of hydrogen-bond acceptors (Lipinski definition) is 5. The van der Waals surface area contributed by atoms with Crippen molar-refractivity contribution < 1.29 is 19.4 Å². The Bertz CT molecular complexity index is 449. The monoisotopic (exact) mass is 284 g/mol. The normalized spacial score (nSPS) is 21.1. The maximum atomic E-state index is 12.2. The molecule has 1 saturated heterocycles. The Hall–Kier alpha value is -1.44. The first-order valence-corrected chi connectivity index (χ1v) is 6.87. The van der Waals surface area contributed by atoms with Crippen LogP contribution >= 0.6 is 11.3 Å². The summed E-state index contributed by atoms with van der Waals surface area (Å²) in [5.41, 5.74) is 5.92. The number of thiophene rings is 1. The van der Waals surface area contributed by atoms with Crippen LogP contribution in [0.15, 0.2) is 17.5 Å². The van der Waals surface area contributed by atoms with Crippen LogP contribution < -0.4 is 5.73 Å². The molecule has 1 fully saturated rings. The predicted molar refractivity (Wildman–Crippen MR) is 69.8 cm³/mol. The lowest BCUT2D eigenvalue weighted by Gasteiger charge is -2.33. The molecule has 0 aromatic carbocycles. The van der Waals surface area contributed by atoms with Gasteiger partial charge >= 0.3 is 5.97 Å². The molecule has 3 N–H and O–H groups in total. The minimum atomic E-state index is -0.929. The Labute approximate surface area is 114 Å². The molecule has 6 nitrogen and oxygen atoms in total. The van der Waals surface area contributed by atoms with Crippen LogP contribution in [-0.2, 0) is 14.3 Å². The second-order valence-electron chi connectivity index (χ2n) is 4.37. The Morgan fingerprint density at radius 1 is 1.63 bits per heavy atom. The summed E-state index contributed by atoms with van der Waals surface area (Å²) in [6.45, 7) is 1.08. The van der Waals surface area contributed by atoms with Gasteiger partial charge in [-0.3, -0.25) is 9.59 Å². The van der Waals surface area contributed by atoms with Gasteiger partial charge in [0, 0.05) is 18.0 Å². The molecule has 7 heteroatoms. The molecule has 0 radical (unpaired) electrons. The molecule has 1 aliphatic heterocycles. The highest BCUT2D eigenvalue weighted by molar-refractivity contribution is 7.10. The molecule has 0 saturated carbocycles. The maximum absolute atomic E-state index is 12.2. The van der Waals surface area contributed by atoms with Gasteiger partial charge in [-0.15, -0.1) is 11.3 Å². The van der Waals surface area contributed by atoms with Crippen LogP contribution in [0.4, 0.5) is 0 Å². The van der Waals surface area contributed by atoms with E-state index >= 15 is 0 Å². The zero-order valence-corrected chi connectivity index (χ0v) is 11.1. The van der Waals surface area contributed by atoms with Crippen LogP contribution in [0.3, 0.4) is 0 Å². The Balaban J connectivity index is 1.97. The first-order chi connectivity index (χ1) is 9.08. The maximum Gasteiger partial charge on any atom is 0.306 e. The fourth-order valence-corrected chi connectivity index (χ4v) is 2.74. The number of nitrogens with two attached hydrogens (primary N) is 1. The largest absolute Gasteiger partial charge is 0.481 e. The van der Waals surface area contributed by atoms with Gasteiger partial charge in [0.15, 0.2) is 0 Å². The zero-order valence-electron chi connectivity index (χ0n) is 10.3. The average molecular weight is 284 g/mol. The van der Waals surface area contributed by atoms with E-state index in [1.54, 1.807) is 4.90 Å². The molecule has 0 spiro atoms. The number of carboxylic acid groups (broad SMARTS) is 1. The van der Waals surface area contributed by atoms with E-state index in [1.807, 2.05) is 17.5 Å². The average Bonchev–Trinajstić information content (AvgIpc) is 2.90. The number of nitrogens with zero attached hydrogens (tertiary/aromatic N) is 1. The van der Waals surface area contributed by atoms with Gasteiger partial charge in [-0.1, -0.05) is 6.07 Å². The summed E-state index contributed by atoms with van der Waals surface area (Å²) in [6, 6.07) is 2.99. The van der Waals surface area contributed by atoms with Gasteiger partial charge < -0.3 is 20.5 Å². The van der Waals surface area contributed by atoms with Gasteiger partial charge in [0.25, 0.3) is 0 Å². The summed E-state index contributed by atoms with van der Waals surface area (Å²) in [5, 5.41) is 10.6. The van der Waals surface area contributed by atoms with Crippen molar-refractivity contribution >= 4 is 23.2 Å². The van der Waals surface area contributed by atoms with Gasteiger partial charge in [0.05, 0.1) is 19.1 Å². The third kappa shape index (κ3) is 3.52. The molecule has 104 valence electrons. The number of amides is 1. The number of rotatable bonds is 4. The third-order valence-electron chi connectivity index (χ3n) is 2.97. The smallest absolute Gasteiger partial charge is 0.306 e. The Morgan fingerprint density at radius 2 is 2.42 bits per heavy atom. The van der Waals surface area contributed by atoms with Gasteiger partial charge in [0.1, 0.15) is 6.04 Å². The van der Waals surface area contributed by atoms with Crippen molar-refractivity contribution in [2.75, 3.05) is 19.7 Å². The highest BCUT2D eigenvalue weighted by Gasteiger charge is 2.29. The van der Waals surface area contributed by atoms with E-state index in [4.69, 9.17) is 15.6 Å². The van der Waals surface area contributed by atoms with Crippen LogP contribution in [0, 0.1) is 0 Å². The summed E-state index contributed by atoms with van der Waals surface area (Å²) in [7, 11) is 0. The van der Waals surface area contributed by atoms with Gasteiger partial charge in [-0.2, -0.15) is 0 Å². The molecule has 2 heterocycles. The summed E-state index contributed by atoms with van der Waals surface area (Å²) < 4.78 is 5.33. The molecule has 2 atom stereocenters. The molecule has 19 heavy (non-hydrogen) atoms. The number of hydrogen-bond donors (Lipinski definition) is 2. The van der Waals surface area contributed by atoms with Gasteiger partial charge in [-0.05, 0) is 11.4 Å². The van der Waals surface area contributed by atoms with E-state index in [-0.39, 0.29) is 18.9 Å². The Kier molecular flexibility index (Phi) is 4.52. The third-order valence-corrected chi connectivity index (χ3v) is 3.92. The fraction of sp³-hybridized carbons (Fsp3) is 0.500. The lowest BCUT2D eigenvalue weighted by molar-refractivity contribution is -0.148. The number of carboxylic acids is 1. The van der Waals surface area contributed by atoms with Crippen LogP contribution in [0.2, 0.25) is 0 Å². The molecular weight excluding hydrogens is 268 g/mol. The molecule has 2 rings (SSSR count). The fourth-order valence-electron chi connectivity index (χ4n) is 2.02. The van der Waals surface area contributed by atoms with Crippen molar-refractivity contribution in [2.45, 2.75) is 18.6 Å². The molecule has 1 aromatic heterocycles. The second-order valence-corrected chi connectivity index (χ2v) is 5.35. The molecular formula is C12H16N2O4S. The predicted octanol–water partition coefficient (Wildman–Crippen LogP) is 0.450. The number of carbonyl (C=O) groups excluding carboxylic acids is 1. The molecule has 1 aromatic rings. The minimum Gasteiger partial charge on any atom is -0.481 e. The topological polar surface area (TPSA) is 92.9 Å². The van der Waals surface area contributed by atoms with Crippen LogP contribution in [0.25, 0.3) is 0 Å². The molecule has 0 bridgehead atoms.